The first-order chi connectivity index (χ1) is 9.24. The highest BCUT2D eigenvalue weighted by Gasteiger charge is 2.38. The summed E-state index contributed by atoms with van der Waals surface area (Å²) in [5, 5.41) is 13.0. The topological polar surface area (TPSA) is 52.6 Å². The molecule has 2 fully saturated rings. The first-order valence-electron chi connectivity index (χ1n) is 7.95. The molecule has 0 amide bonds. The molecule has 0 aromatic carbocycles. The molecule has 116 valence electrons. The van der Waals surface area contributed by atoms with Gasteiger partial charge in [0.2, 0.25) is 0 Å². The van der Waals surface area contributed by atoms with Gasteiger partial charge in [0.25, 0.3) is 0 Å². The quantitative estimate of drug-likeness (QED) is 0.830. The third-order valence-electron chi connectivity index (χ3n) is 4.61. The Bertz CT molecular complexity index is 345. The maximum atomic E-state index is 11.4. The molecule has 1 saturated carbocycles. The molecule has 2 unspecified atom stereocenters. The Morgan fingerprint density at radius 1 is 1.25 bits per heavy atom. The van der Waals surface area contributed by atoms with Crippen molar-refractivity contribution in [2.24, 2.45) is 17.3 Å². The van der Waals surface area contributed by atoms with Gasteiger partial charge in [0.05, 0.1) is 5.92 Å². The van der Waals surface area contributed by atoms with Crippen LogP contribution in [0.1, 0.15) is 47.0 Å². The highest BCUT2D eigenvalue weighted by molar-refractivity contribution is 5.70. The van der Waals surface area contributed by atoms with Crippen molar-refractivity contribution in [1.82, 2.24) is 10.2 Å². The molecule has 2 atom stereocenters. The molecule has 1 aliphatic heterocycles. The normalized spacial score (nSPS) is 35.6. The second-order valence-corrected chi connectivity index (χ2v) is 8.09. The number of likely N-dealkylation sites (tertiary alicyclic amines) is 1. The number of carboxylic acid groups (broad SMARTS) is 1. The van der Waals surface area contributed by atoms with E-state index in [9.17, 15) is 9.90 Å². The summed E-state index contributed by atoms with van der Waals surface area (Å²) in [4.78, 5) is 13.8. The summed E-state index contributed by atoms with van der Waals surface area (Å²) in [7, 11) is 0. The fraction of sp³-hybridized carbons (Fsp3) is 0.938. The zero-order valence-electron chi connectivity index (χ0n) is 13.4. The van der Waals surface area contributed by atoms with Crippen LogP contribution in [0.4, 0.5) is 0 Å². The maximum absolute atomic E-state index is 11.4. The highest BCUT2D eigenvalue weighted by Crippen LogP contribution is 2.34. The molecule has 0 bridgehead atoms. The van der Waals surface area contributed by atoms with Crippen molar-refractivity contribution in [3.8, 4) is 0 Å². The molecule has 1 aliphatic carbocycles. The predicted molar refractivity (Wildman–Crippen MR) is 80.7 cm³/mol. The van der Waals surface area contributed by atoms with Crippen molar-refractivity contribution < 1.29 is 9.90 Å². The number of carboxylic acids is 1. The van der Waals surface area contributed by atoms with Crippen molar-refractivity contribution in [2.75, 3.05) is 19.6 Å². The lowest BCUT2D eigenvalue weighted by molar-refractivity contribution is -0.145. The Kier molecular flexibility index (Phi) is 4.75. The molecule has 2 rings (SSSR count). The summed E-state index contributed by atoms with van der Waals surface area (Å²) in [6.45, 7) is 11.6. The first-order valence-corrected chi connectivity index (χ1v) is 7.95. The summed E-state index contributed by atoms with van der Waals surface area (Å²) in [6.07, 6.45) is 3.24. The van der Waals surface area contributed by atoms with E-state index in [2.05, 4.69) is 37.9 Å². The van der Waals surface area contributed by atoms with Crippen molar-refractivity contribution in [3.63, 3.8) is 0 Å². The first kappa shape index (κ1) is 15.8. The van der Waals surface area contributed by atoms with Gasteiger partial charge in [-0.25, -0.2) is 0 Å². The van der Waals surface area contributed by atoms with Gasteiger partial charge in [0.1, 0.15) is 0 Å². The van der Waals surface area contributed by atoms with Crippen LogP contribution in [-0.4, -0.2) is 47.7 Å². The van der Waals surface area contributed by atoms with Gasteiger partial charge < -0.3 is 10.4 Å². The Morgan fingerprint density at radius 3 is 2.40 bits per heavy atom. The van der Waals surface area contributed by atoms with Crippen molar-refractivity contribution in [3.05, 3.63) is 0 Å². The van der Waals surface area contributed by atoms with Gasteiger partial charge in [-0.15, -0.1) is 0 Å². The maximum Gasteiger partial charge on any atom is 0.307 e. The summed E-state index contributed by atoms with van der Waals surface area (Å²) in [5.41, 5.74) is 0.242. The zero-order valence-corrected chi connectivity index (χ0v) is 13.4. The standard InChI is InChI=1S/C16H30N2O2/c1-11-5-14(6-11)18-8-12(15(19)20)7-13(9-18)17-10-16(2,3)4/h11-14,17H,5-10H2,1-4H3,(H,19,20). The van der Waals surface area contributed by atoms with E-state index in [0.29, 0.717) is 12.1 Å². The van der Waals surface area contributed by atoms with E-state index in [1.54, 1.807) is 0 Å². The van der Waals surface area contributed by atoms with E-state index in [1.165, 1.54) is 12.8 Å². The molecule has 0 aromatic heterocycles. The van der Waals surface area contributed by atoms with Gasteiger partial charge in [0, 0.05) is 31.7 Å². The SMILES string of the molecule is CC1CC(N2CC(NCC(C)(C)C)CC(C(=O)O)C2)C1. The van der Waals surface area contributed by atoms with Crippen LogP contribution >= 0.6 is 0 Å². The molecule has 4 nitrogen and oxygen atoms in total. The number of nitrogens with zero attached hydrogens (tertiary/aromatic N) is 1. The minimum atomic E-state index is -0.635. The fourth-order valence-electron chi connectivity index (χ4n) is 3.37. The molecule has 20 heavy (non-hydrogen) atoms. The molecule has 1 heterocycles. The summed E-state index contributed by atoms with van der Waals surface area (Å²) >= 11 is 0. The van der Waals surface area contributed by atoms with Crippen LogP contribution in [0.2, 0.25) is 0 Å². The van der Waals surface area contributed by atoms with E-state index in [4.69, 9.17) is 0 Å². The third-order valence-corrected chi connectivity index (χ3v) is 4.61. The zero-order chi connectivity index (χ0) is 14.9. The summed E-state index contributed by atoms with van der Waals surface area (Å²) in [6, 6.07) is 0.936. The minimum Gasteiger partial charge on any atom is -0.481 e. The van der Waals surface area contributed by atoms with Gasteiger partial charge in [-0.3, -0.25) is 9.69 Å². The minimum absolute atomic E-state index is 0.211. The van der Waals surface area contributed by atoms with E-state index < -0.39 is 5.97 Å². The van der Waals surface area contributed by atoms with Gasteiger partial charge >= 0.3 is 5.97 Å². The van der Waals surface area contributed by atoms with Gasteiger partial charge in [0.15, 0.2) is 0 Å². The molecule has 2 aliphatic rings. The predicted octanol–water partition coefficient (Wildman–Crippen LogP) is 2.20. The van der Waals surface area contributed by atoms with Crippen LogP contribution in [0.25, 0.3) is 0 Å². The highest BCUT2D eigenvalue weighted by atomic mass is 16.4. The van der Waals surface area contributed by atoms with E-state index in [-0.39, 0.29) is 11.3 Å². The van der Waals surface area contributed by atoms with E-state index >= 15 is 0 Å². The second kappa shape index (κ2) is 6.02. The number of carbonyl (C=O) groups is 1. The van der Waals surface area contributed by atoms with Gasteiger partial charge in [-0.05, 0) is 30.6 Å². The van der Waals surface area contributed by atoms with Gasteiger partial charge in [-0.1, -0.05) is 27.7 Å². The van der Waals surface area contributed by atoms with Gasteiger partial charge in [-0.2, -0.15) is 0 Å². The number of aliphatic carboxylic acids is 1. The Morgan fingerprint density at radius 2 is 1.90 bits per heavy atom. The monoisotopic (exact) mass is 282 g/mol. The van der Waals surface area contributed by atoms with Crippen LogP contribution in [0.15, 0.2) is 0 Å². The Labute approximate surface area is 122 Å². The van der Waals surface area contributed by atoms with Crippen LogP contribution in [0, 0.1) is 17.3 Å². The fourth-order valence-corrected chi connectivity index (χ4v) is 3.37. The third kappa shape index (κ3) is 4.19. The van der Waals surface area contributed by atoms with Crippen molar-refractivity contribution >= 4 is 5.97 Å². The van der Waals surface area contributed by atoms with Crippen LogP contribution in [0.5, 0.6) is 0 Å². The van der Waals surface area contributed by atoms with Crippen molar-refractivity contribution in [1.29, 1.82) is 0 Å². The molecule has 1 saturated heterocycles. The molecule has 0 radical (unpaired) electrons. The number of rotatable bonds is 4. The largest absolute Gasteiger partial charge is 0.481 e. The molecular formula is C16H30N2O2. The summed E-state index contributed by atoms with van der Waals surface area (Å²) < 4.78 is 0. The van der Waals surface area contributed by atoms with E-state index in [0.717, 1.165) is 32.0 Å². The van der Waals surface area contributed by atoms with Crippen LogP contribution in [-0.2, 0) is 4.79 Å². The van der Waals surface area contributed by atoms with Crippen LogP contribution in [0.3, 0.4) is 0 Å². The molecule has 0 spiro atoms. The second-order valence-electron chi connectivity index (χ2n) is 8.09. The number of hydrogen-bond donors (Lipinski definition) is 2. The van der Waals surface area contributed by atoms with E-state index in [1.807, 2.05) is 0 Å². The Hall–Kier alpha value is -0.610. The lowest BCUT2D eigenvalue weighted by atomic mass is 9.79. The lowest BCUT2D eigenvalue weighted by Crippen LogP contribution is -2.57. The number of hydrogen-bond acceptors (Lipinski definition) is 3. The lowest BCUT2D eigenvalue weighted by Gasteiger charge is -2.47. The Balaban J connectivity index is 1.92. The number of nitrogens with one attached hydrogen (secondary N) is 1. The smallest absolute Gasteiger partial charge is 0.307 e. The van der Waals surface area contributed by atoms with Crippen molar-refractivity contribution in [2.45, 2.75) is 59.0 Å². The number of piperidine rings is 1. The molecule has 4 heteroatoms. The molecule has 0 aromatic rings. The molecule has 2 N–H and O–H groups in total. The average molecular weight is 282 g/mol. The summed E-state index contributed by atoms with van der Waals surface area (Å²) in [5.74, 6) is -0.0343. The molecular weight excluding hydrogens is 252 g/mol. The van der Waals surface area contributed by atoms with Crippen LogP contribution < -0.4 is 5.32 Å². The average Bonchev–Trinajstić information content (AvgIpc) is 2.31.